The quantitative estimate of drug-likeness (QED) is 0.535. The Morgan fingerprint density at radius 3 is 2.79 bits per heavy atom. The minimum atomic E-state index is -0.193. The summed E-state index contributed by atoms with van der Waals surface area (Å²) in [6, 6.07) is 9.12. The standard InChI is InChI=1S/C22H30FN3OS/c1-3-24-21(25-14-17(2)18-7-12-28-15-18)26-16-22(8-10-27-11-9-22)19-5-4-6-20(23)13-19/h4-7,12-13,15,17H,3,8-11,14,16H2,1-2H3,(H2,24,25,26). The van der Waals surface area contributed by atoms with E-state index in [9.17, 15) is 4.39 Å². The number of ether oxygens (including phenoxy) is 1. The number of hydrogen-bond acceptors (Lipinski definition) is 3. The lowest BCUT2D eigenvalue weighted by atomic mass is 9.74. The van der Waals surface area contributed by atoms with Crippen LogP contribution in [0.5, 0.6) is 0 Å². The topological polar surface area (TPSA) is 45.7 Å². The number of rotatable bonds is 7. The fourth-order valence-electron chi connectivity index (χ4n) is 3.61. The Hall–Kier alpha value is -1.92. The van der Waals surface area contributed by atoms with Crippen LogP contribution in [-0.4, -0.2) is 38.8 Å². The van der Waals surface area contributed by atoms with Gasteiger partial charge in [0.1, 0.15) is 5.82 Å². The first kappa shape index (κ1) is 20.8. The first-order valence-corrected chi connectivity index (χ1v) is 11.0. The molecule has 2 aromatic rings. The molecule has 2 N–H and O–H groups in total. The van der Waals surface area contributed by atoms with Crippen LogP contribution in [0.3, 0.4) is 0 Å². The van der Waals surface area contributed by atoms with Crippen molar-refractivity contribution in [3.05, 3.63) is 58.0 Å². The molecule has 0 spiro atoms. The van der Waals surface area contributed by atoms with Gasteiger partial charge in [0, 0.05) is 31.7 Å². The molecule has 0 amide bonds. The first-order chi connectivity index (χ1) is 13.6. The van der Waals surface area contributed by atoms with Crippen molar-refractivity contribution in [2.45, 2.75) is 38.0 Å². The van der Waals surface area contributed by atoms with Gasteiger partial charge in [-0.3, -0.25) is 4.99 Å². The molecule has 1 atom stereocenters. The highest BCUT2D eigenvalue weighted by molar-refractivity contribution is 7.07. The highest BCUT2D eigenvalue weighted by atomic mass is 32.1. The largest absolute Gasteiger partial charge is 0.381 e. The van der Waals surface area contributed by atoms with Gasteiger partial charge in [0.2, 0.25) is 0 Å². The van der Waals surface area contributed by atoms with Gasteiger partial charge < -0.3 is 15.4 Å². The number of nitrogens with zero attached hydrogens (tertiary/aromatic N) is 1. The molecular weight excluding hydrogens is 373 g/mol. The minimum absolute atomic E-state index is 0.179. The molecule has 0 saturated carbocycles. The zero-order chi connectivity index (χ0) is 19.8. The predicted octanol–water partition coefficient (Wildman–Crippen LogP) is 4.29. The van der Waals surface area contributed by atoms with E-state index in [-0.39, 0.29) is 11.2 Å². The average molecular weight is 404 g/mol. The van der Waals surface area contributed by atoms with Crippen molar-refractivity contribution >= 4 is 17.3 Å². The van der Waals surface area contributed by atoms with E-state index in [0.717, 1.165) is 37.5 Å². The van der Waals surface area contributed by atoms with Gasteiger partial charge in [-0.15, -0.1) is 0 Å². The number of guanidine groups is 1. The van der Waals surface area contributed by atoms with E-state index in [1.54, 1.807) is 23.5 Å². The molecule has 6 heteroatoms. The van der Waals surface area contributed by atoms with Crippen molar-refractivity contribution in [3.8, 4) is 0 Å². The van der Waals surface area contributed by atoms with Gasteiger partial charge in [0.25, 0.3) is 0 Å². The molecule has 1 aliphatic rings. The third kappa shape index (κ3) is 5.32. The molecule has 3 rings (SSSR count). The molecule has 28 heavy (non-hydrogen) atoms. The lowest BCUT2D eigenvalue weighted by Gasteiger charge is -2.36. The zero-order valence-electron chi connectivity index (χ0n) is 16.7. The van der Waals surface area contributed by atoms with E-state index in [2.05, 4.69) is 41.3 Å². The molecule has 1 saturated heterocycles. The maximum absolute atomic E-state index is 13.9. The van der Waals surface area contributed by atoms with Crippen molar-refractivity contribution < 1.29 is 9.13 Å². The van der Waals surface area contributed by atoms with E-state index >= 15 is 0 Å². The van der Waals surface area contributed by atoms with Crippen molar-refractivity contribution in [2.24, 2.45) is 4.99 Å². The van der Waals surface area contributed by atoms with Crippen molar-refractivity contribution in [1.82, 2.24) is 10.6 Å². The number of nitrogens with one attached hydrogen (secondary N) is 2. The van der Waals surface area contributed by atoms with E-state index in [4.69, 9.17) is 9.73 Å². The fraction of sp³-hybridized carbons (Fsp3) is 0.500. The van der Waals surface area contributed by atoms with Gasteiger partial charge in [0.05, 0.1) is 6.54 Å². The monoisotopic (exact) mass is 403 g/mol. The fourth-order valence-corrected chi connectivity index (χ4v) is 4.40. The molecule has 0 aliphatic carbocycles. The number of thiophene rings is 1. The first-order valence-electron chi connectivity index (χ1n) is 10.0. The molecule has 4 nitrogen and oxygen atoms in total. The number of benzene rings is 1. The lowest BCUT2D eigenvalue weighted by Crippen LogP contribution is -2.42. The van der Waals surface area contributed by atoms with Crippen LogP contribution in [0.25, 0.3) is 0 Å². The average Bonchev–Trinajstić information content (AvgIpc) is 3.25. The Balaban J connectivity index is 1.72. The van der Waals surface area contributed by atoms with Crippen molar-refractivity contribution in [1.29, 1.82) is 0 Å². The van der Waals surface area contributed by atoms with Gasteiger partial charge >= 0.3 is 0 Å². The van der Waals surface area contributed by atoms with Gasteiger partial charge in [-0.25, -0.2) is 4.39 Å². The maximum Gasteiger partial charge on any atom is 0.191 e. The molecule has 2 heterocycles. The summed E-state index contributed by atoms with van der Waals surface area (Å²) in [5.41, 5.74) is 2.18. The smallest absolute Gasteiger partial charge is 0.191 e. The maximum atomic E-state index is 13.9. The summed E-state index contributed by atoms with van der Waals surface area (Å²) in [5.74, 6) is 1.03. The molecule has 1 aromatic carbocycles. The Morgan fingerprint density at radius 1 is 1.29 bits per heavy atom. The Labute approximate surface area is 171 Å². The number of hydrogen-bond donors (Lipinski definition) is 2. The Bertz CT molecular complexity index is 757. The molecule has 152 valence electrons. The van der Waals surface area contributed by atoms with E-state index in [1.165, 1.54) is 11.6 Å². The second-order valence-electron chi connectivity index (χ2n) is 7.44. The van der Waals surface area contributed by atoms with Crippen LogP contribution in [0.1, 0.15) is 43.7 Å². The highest BCUT2D eigenvalue weighted by Gasteiger charge is 2.34. The van der Waals surface area contributed by atoms with E-state index in [1.807, 2.05) is 6.07 Å². The highest BCUT2D eigenvalue weighted by Crippen LogP contribution is 2.35. The second kappa shape index (κ2) is 10.0. The van der Waals surface area contributed by atoms with Gasteiger partial charge in [-0.05, 0) is 65.8 Å². The van der Waals surface area contributed by atoms with Crippen LogP contribution in [0, 0.1) is 5.82 Å². The molecule has 1 fully saturated rings. The van der Waals surface area contributed by atoms with Gasteiger partial charge in [-0.1, -0.05) is 19.1 Å². The van der Waals surface area contributed by atoms with Crippen LogP contribution in [0.4, 0.5) is 4.39 Å². The SMILES string of the molecule is CCNC(=NCC1(c2cccc(F)c2)CCOCC1)NCC(C)c1ccsc1. The minimum Gasteiger partial charge on any atom is -0.381 e. The molecule has 1 unspecified atom stereocenters. The second-order valence-corrected chi connectivity index (χ2v) is 8.22. The summed E-state index contributed by atoms with van der Waals surface area (Å²) in [7, 11) is 0. The summed E-state index contributed by atoms with van der Waals surface area (Å²) >= 11 is 1.72. The van der Waals surface area contributed by atoms with E-state index < -0.39 is 0 Å². The molecule has 0 radical (unpaired) electrons. The molecule has 1 aliphatic heterocycles. The molecule has 1 aromatic heterocycles. The normalized spacial score (nSPS) is 17.9. The number of halogens is 1. The van der Waals surface area contributed by atoms with Crippen LogP contribution in [0.15, 0.2) is 46.1 Å². The van der Waals surface area contributed by atoms with Gasteiger partial charge in [0.15, 0.2) is 5.96 Å². The van der Waals surface area contributed by atoms with Crippen molar-refractivity contribution in [3.63, 3.8) is 0 Å². The van der Waals surface area contributed by atoms with Crippen LogP contribution in [-0.2, 0) is 10.2 Å². The van der Waals surface area contributed by atoms with Crippen LogP contribution in [0.2, 0.25) is 0 Å². The third-order valence-corrected chi connectivity index (χ3v) is 6.16. The molecule has 0 bridgehead atoms. The summed E-state index contributed by atoms with van der Waals surface area (Å²) in [6.07, 6.45) is 1.70. The number of aliphatic imine (C=N–C) groups is 1. The van der Waals surface area contributed by atoms with Gasteiger partial charge in [-0.2, -0.15) is 11.3 Å². The van der Waals surface area contributed by atoms with Crippen LogP contribution < -0.4 is 10.6 Å². The summed E-state index contributed by atoms with van der Waals surface area (Å²) in [5, 5.41) is 11.1. The third-order valence-electron chi connectivity index (χ3n) is 5.46. The van der Waals surface area contributed by atoms with E-state index in [0.29, 0.717) is 25.7 Å². The predicted molar refractivity (Wildman–Crippen MR) is 115 cm³/mol. The lowest BCUT2D eigenvalue weighted by molar-refractivity contribution is 0.0530. The Kier molecular flexibility index (Phi) is 7.45. The molecular formula is C22H30FN3OS. The van der Waals surface area contributed by atoms with Crippen LogP contribution >= 0.6 is 11.3 Å². The summed E-state index contributed by atoms with van der Waals surface area (Å²) in [4.78, 5) is 4.89. The summed E-state index contributed by atoms with van der Waals surface area (Å²) in [6.45, 7) is 7.88. The Morgan fingerprint density at radius 2 is 2.11 bits per heavy atom. The zero-order valence-corrected chi connectivity index (χ0v) is 17.5. The van der Waals surface area contributed by atoms with Crippen molar-refractivity contribution in [2.75, 3.05) is 32.8 Å². The summed E-state index contributed by atoms with van der Waals surface area (Å²) < 4.78 is 19.4.